The minimum Gasteiger partial charge on any atom is -0.494 e. The standard InChI is InChI=1S/C25H32N2O3/c1-5-29-21-13-14-22-17(4)24(27(23(22)15-21)20-7-6-8-20)18-9-11-19(12-10-18)26-25(28)30-16(2)3/h9-17,20,24H,5-8H2,1-4H3,(H,26,28). The van der Waals surface area contributed by atoms with Gasteiger partial charge in [-0.3, -0.25) is 5.32 Å². The zero-order valence-corrected chi connectivity index (χ0v) is 18.4. The first-order valence-corrected chi connectivity index (χ1v) is 11.1. The van der Waals surface area contributed by atoms with Crippen LogP contribution in [0.3, 0.4) is 0 Å². The zero-order chi connectivity index (χ0) is 21.3. The summed E-state index contributed by atoms with van der Waals surface area (Å²) in [5, 5.41) is 2.81. The quantitative estimate of drug-likeness (QED) is 0.613. The van der Waals surface area contributed by atoms with Crippen LogP contribution in [-0.4, -0.2) is 24.8 Å². The highest BCUT2D eigenvalue weighted by Crippen LogP contribution is 2.53. The predicted octanol–water partition coefficient (Wildman–Crippen LogP) is 6.26. The molecule has 4 rings (SSSR count). The van der Waals surface area contributed by atoms with Gasteiger partial charge in [-0.1, -0.05) is 25.1 Å². The third-order valence-electron chi connectivity index (χ3n) is 6.16. The van der Waals surface area contributed by atoms with Crippen LogP contribution in [0.4, 0.5) is 16.2 Å². The molecule has 2 unspecified atom stereocenters. The maximum absolute atomic E-state index is 11.9. The lowest BCUT2D eigenvalue weighted by molar-refractivity contribution is 0.130. The first kappa shape index (κ1) is 20.6. The molecule has 1 amide bonds. The predicted molar refractivity (Wildman–Crippen MR) is 121 cm³/mol. The van der Waals surface area contributed by atoms with Gasteiger partial charge in [0.25, 0.3) is 0 Å². The van der Waals surface area contributed by atoms with Gasteiger partial charge in [0.05, 0.1) is 18.8 Å². The molecule has 1 aliphatic heterocycles. The molecule has 1 heterocycles. The number of benzene rings is 2. The van der Waals surface area contributed by atoms with Gasteiger partial charge in [-0.2, -0.15) is 0 Å². The van der Waals surface area contributed by atoms with Gasteiger partial charge in [-0.25, -0.2) is 4.79 Å². The SMILES string of the molecule is CCOc1ccc2c(c1)N(C1CCC1)C(c1ccc(NC(=O)OC(C)C)cc1)C2C. The van der Waals surface area contributed by atoms with Crippen LogP contribution in [0.2, 0.25) is 0 Å². The van der Waals surface area contributed by atoms with Crippen molar-refractivity contribution >= 4 is 17.5 Å². The maximum Gasteiger partial charge on any atom is 0.411 e. The van der Waals surface area contributed by atoms with Crippen LogP contribution >= 0.6 is 0 Å². The lowest BCUT2D eigenvalue weighted by Gasteiger charge is -2.42. The fourth-order valence-electron chi connectivity index (χ4n) is 4.61. The Hall–Kier alpha value is -2.69. The molecule has 1 N–H and O–H groups in total. The molecular weight excluding hydrogens is 376 g/mol. The number of rotatable bonds is 6. The van der Waals surface area contributed by atoms with Gasteiger partial charge in [0, 0.05) is 29.4 Å². The second-order valence-corrected chi connectivity index (χ2v) is 8.58. The molecule has 30 heavy (non-hydrogen) atoms. The van der Waals surface area contributed by atoms with E-state index in [4.69, 9.17) is 9.47 Å². The van der Waals surface area contributed by atoms with Crippen molar-refractivity contribution in [3.63, 3.8) is 0 Å². The van der Waals surface area contributed by atoms with Crippen molar-refractivity contribution in [1.82, 2.24) is 0 Å². The normalized spacial score (nSPS) is 20.6. The molecule has 1 fully saturated rings. The van der Waals surface area contributed by atoms with Crippen LogP contribution < -0.4 is 15.0 Å². The van der Waals surface area contributed by atoms with Crippen LogP contribution in [0.5, 0.6) is 5.75 Å². The van der Waals surface area contributed by atoms with Crippen LogP contribution in [0, 0.1) is 0 Å². The molecule has 5 heteroatoms. The highest BCUT2D eigenvalue weighted by atomic mass is 16.6. The Bertz CT molecular complexity index is 890. The van der Waals surface area contributed by atoms with E-state index in [2.05, 4.69) is 47.5 Å². The molecule has 0 saturated heterocycles. The fraction of sp³-hybridized carbons (Fsp3) is 0.480. The third kappa shape index (κ3) is 3.98. The van der Waals surface area contributed by atoms with Crippen molar-refractivity contribution < 1.29 is 14.3 Å². The van der Waals surface area contributed by atoms with Crippen molar-refractivity contribution in [2.75, 3.05) is 16.8 Å². The van der Waals surface area contributed by atoms with Crippen LogP contribution in [0.25, 0.3) is 0 Å². The number of carbonyl (C=O) groups is 1. The molecule has 0 radical (unpaired) electrons. The highest BCUT2D eigenvalue weighted by Gasteiger charge is 2.42. The van der Waals surface area contributed by atoms with Crippen molar-refractivity contribution in [3.8, 4) is 5.75 Å². The second kappa shape index (κ2) is 8.58. The Balaban J connectivity index is 1.60. The summed E-state index contributed by atoms with van der Waals surface area (Å²) in [6.07, 6.45) is 3.22. The fourth-order valence-corrected chi connectivity index (χ4v) is 4.61. The molecular formula is C25H32N2O3. The summed E-state index contributed by atoms with van der Waals surface area (Å²) in [4.78, 5) is 14.5. The van der Waals surface area contributed by atoms with Crippen molar-refractivity contribution in [3.05, 3.63) is 53.6 Å². The Kier molecular flexibility index (Phi) is 5.89. The summed E-state index contributed by atoms with van der Waals surface area (Å²) in [6.45, 7) is 8.69. The van der Waals surface area contributed by atoms with E-state index < -0.39 is 6.09 Å². The molecule has 0 aromatic heterocycles. The van der Waals surface area contributed by atoms with E-state index in [-0.39, 0.29) is 6.10 Å². The van der Waals surface area contributed by atoms with Gasteiger partial charge in [-0.05, 0) is 69.4 Å². The van der Waals surface area contributed by atoms with Gasteiger partial charge in [-0.15, -0.1) is 0 Å². The number of hydrogen-bond acceptors (Lipinski definition) is 4. The Morgan fingerprint density at radius 1 is 1.17 bits per heavy atom. The van der Waals surface area contributed by atoms with Crippen LogP contribution in [0.1, 0.15) is 70.0 Å². The number of nitrogens with zero attached hydrogens (tertiary/aromatic N) is 1. The van der Waals surface area contributed by atoms with E-state index in [0.717, 1.165) is 11.4 Å². The maximum atomic E-state index is 11.9. The topological polar surface area (TPSA) is 50.8 Å². The average molecular weight is 409 g/mol. The highest BCUT2D eigenvalue weighted by molar-refractivity contribution is 5.84. The number of carbonyl (C=O) groups excluding carboxylic acids is 1. The number of hydrogen-bond donors (Lipinski definition) is 1. The summed E-state index contributed by atoms with van der Waals surface area (Å²) >= 11 is 0. The minimum atomic E-state index is -0.418. The van der Waals surface area contributed by atoms with E-state index in [1.54, 1.807) is 0 Å². The molecule has 0 spiro atoms. The van der Waals surface area contributed by atoms with E-state index in [9.17, 15) is 4.79 Å². The van der Waals surface area contributed by atoms with Crippen molar-refractivity contribution in [2.24, 2.45) is 0 Å². The average Bonchev–Trinajstić information content (AvgIpc) is 2.93. The summed E-state index contributed by atoms with van der Waals surface area (Å²) in [5.74, 6) is 1.33. The largest absolute Gasteiger partial charge is 0.494 e. The van der Waals surface area contributed by atoms with E-state index in [0.29, 0.717) is 24.6 Å². The van der Waals surface area contributed by atoms with E-state index >= 15 is 0 Å². The lowest BCUT2D eigenvalue weighted by atomic mass is 9.87. The first-order valence-electron chi connectivity index (χ1n) is 11.1. The number of nitrogens with one attached hydrogen (secondary N) is 1. The number of anilines is 2. The molecule has 1 saturated carbocycles. The summed E-state index contributed by atoms with van der Waals surface area (Å²) in [6, 6.07) is 15.6. The smallest absolute Gasteiger partial charge is 0.411 e. The lowest BCUT2D eigenvalue weighted by Crippen LogP contribution is -2.41. The Morgan fingerprint density at radius 3 is 2.50 bits per heavy atom. The molecule has 2 aromatic carbocycles. The number of fused-ring (bicyclic) bond motifs is 1. The van der Waals surface area contributed by atoms with Gasteiger partial charge >= 0.3 is 6.09 Å². The molecule has 1 aliphatic carbocycles. The van der Waals surface area contributed by atoms with E-state index in [1.165, 1.54) is 36.1 Å². The van der Waals surface area contributed by atoms with Crippen LogP contribution in [-0.2, 0) is 4.74 Å². The van der Waals surface area contributed by atoms with Gasteiger partial charge in [0.1, 0.15) is 5.75 Å². The first-order chi connectivity index (χ1) is 14.5. The zero-order valence-electron chi connectivity index (χ0n) is 18.4. The summed E-state index contributed by atoms with van der Waals surface area (Å²) in [5.41, 5.74) is 4.72. The molecule has 5 nitrogen and oxygen atoms in total. The minimum absolute atomic E-state index is 0.139. The van der Waals surface area contributed by atoms with Crippen molar-refractivity contribution in [1.29, 1.82) is 0 Å². The molecule has 2 aliphatic rings. The number of amides is 1. The van der Waals surface area contributed by atoms with Gasteiger partial charge < -0.3 is 14.4 Å². The third-order valence-corrected chi connectivity index (χ3v) is 6.16. The molecule has 2 atom stereocenters. The number of ether oxygens (including phenoxy) is 2. The van der Waals surface area contributed by atoms with Gasteiger partial charge in [0.2, 0.25) is 0 Å². The van der Waals surface area contributed by atoms with Crippen molar-refractivity contribution in [2.45, 2.75) is 71.1 Å². The summed E-state index contributed by atoms with van der Waals surface area (Å²) < 4.78 is 11.0. The monoisotopic (exact) mass is 408 g/mol. The van der Waals surface area contributed by atoms with E-state index in [1.807, 2.05) is 32.9 Å². The summed E-state index contributed by atoms with van der Waals surface area (Å²) in [7, 11) is 0. The molecule has 160 valence electrons. The van der Waals surface area contributed by atoms with Crippen LogP contribution in [0.15, 0.2) is 42.5 Å². The second-order valence-electron chi connectivity index (χ2n) is 8.58. The Labute approximate surface area is 179 Å². The van der Waals surface area contributed by atoms with Gasteiger partial charge in [0.15, 0.2) is 0 Å². The molecule has 2 aromatic rings. The molecule has 0 bridgehead atoms. The Morgan fingerprint density at radius 2 is 1.90 bits per heavy atom.